The van der Waals surface area contributed by atoms with E-state index in [0.29, 0.717) is 16.1 Å². The van der Waals surface area contributed by atoms with Crippen molar-refractivity contribution in [2.45, 2.75) is 6.18 Å². The molecule has 0 amide bonds. The Morgan fingerprint density at radius 2 is 1.80 bits per heavy atom. The van der Waals surface area contributed by atoms with Crippen LogP contribution in [-0.4, -0.2) is 9.97 Å². The maximum atomic E-state index is 12.7. The van der Waals surface area contributed by atoms with Crippen LogP contribution in [0.15, 0.2) is 35.1 Å². The second-order valence-electron chi connectivity index (χ2n) is 3.75. The summed E-state index contributed by atoms with van der Waals surface area (Å²) in [6.07, 6.45) is -3.17. The number of rotatable bonds is 3. The van der Waals surface area contributed by atoms with Gasteiger partial charge in [-0.1, -0.05) is 0 Å². The van der Waals surface area contributed by atoms with E-state index in [2.05, 4.69) is 36.6 Å². The van der Waals surface area contributed by atoms with E-state index >= 15 is 0 Å². The summed E-state index contributed by atoms with van der Waals surface area (Å²) >= 11 is 3.18. The van der Waals surface area contributed by atoms with Crippen LogP contribution >= 0.6 is 15.9 Å². The Balaban J connectivity index is 2.32. The van der Waals surface area contributed by atoms with Crippen molar-refractivity contribution in [2.24, 2.45) is 5.84 Å². The summed E-state index contributed by atoms with van der Waals surface area (Å²) in [5.74, 6) is 5.85. The molecule has 5 nitrogen and oxygen atoms in total. The van der Waals surface area contributed by atoms with Crippen molar-refractivity contribution >= 4 is 33.3 Å². The van der Waals surface area contributed by atoms with Crippen LogP contribution in [0, 0.1) is 0 Å². The molecule has 106 valence electrons. The molecule has 1 aromatic heterocycles. The number of benzene rings is 1. The highest BCUT2D eigenvalue weighted by Gasteiger charge is 2.30. The number of nitrogen functional groups attached to an aromatic ring is 1. The molecule has 0 atom stereocenters. The molecule has 4 N–H and O–H groups in total. The normalized spacial score (nSPS) is 11.2. The Labute approximate surface area is 120 Å². The summed E-state index contributed by atoms with van der Waals surface area (Å²) < 4.78 is 38.5. The molecular weight excluding hydrogens is 339 g/mol. The van der Waals surface area contributed by atoms with Gasteiger partial charge < -0.3 is 10.7 Å². The van der Waals surface area contributed by atoms with Gasteiger partial charge in [0, 0.05) is 10.5 Å². The minimum Gasteiger partial charge on any atom is -0.339 e. The molecule has 0 unspecified atom stereocenters. The molecule has 0 bridgehead atoms. The molecule has 0 aliphatic rings. The van der Waals surface area contributed by atoms with Gasteiger partial charge in [-0.3, -0.25) is 0 Å². The molecule has 9 heteroatoms. The van der Waals surface area contributed by atoms with Crippen molar-refractivity contribution in [1.29, 1.82) is 0 Å². The van der Waals surface area contributed by atoms with Crippen LogP contribution in [-0.2, 0) is 6.18 Å². The van der Waals surface area contributed by atoms with Crippen LogP contribution in [0.3, 0.4) is 0 Å². The van der Waals surface area contributed by atoms with E-state index in [1.807, 2.05) is 0 Å². The zero-order valence-electron chi connectivity index (χ0n) is 9.87. The second kappa shape index (κ2) is 5.63. The van der Waals surface area contributed by atoms with E-state index in [1.165, 1.54) is 18.5 Å². The summed E-state index contributed by atoms with van der Waals surface area (Å²) in [5.41, 5.74) is 1.80. The number of nitrogens with two attached hydrogens (primary N) is 1. The Bertz CT molecular complexity index is 617. The topological polar surface area (TPSA) is 75.9 Å². The largest absolute Gasteiger partial charge is 0.416 e. The number of nitrogens with one attached hydrogen (secondary N) is 2. The zero-order chi connectivity index (χ0) is 14.8. The van der Waals surface area contributed by atoms with Crippen LogP contribution in [0.5, 0.6) is 0 Å². The highest BCUT2D eigenvalue weighted by atomic mass is 79.9. The van der Waals surface area contributed by atoms with Gasteiger partial charge in [-0.2, -0.15) is 13.2 Å². The molecule has 0 radical (unpaired) electrons. The molecule has 1 aromatic carbocycles. The van der Waals surface area contributed by atoms with Crippen LogP contribution in [0.4, 0.5) is 30.5 Å². The van der Waals surface area contributed by atoms with E-state index in [4.69, 9.17) is 5.84 Å². The van der Waals surface area contributed by atoms with Gasteiger partial charge in [-0.15, -0.1) is 0 Å². The molecule has 2 rings (SSSR count). The first-order valence-corrected chi connectivity index (χ1v) is 6.12. The van der Waals surface area contributed by atoms with Gasteiger partial charge in [-0.05, 0) is 34.1 Å². The Hall–Kier alpha value is -1.87. The third-order valence-corrected chi connectivity index (χ3v) is 3.06. The second-order valence-corrected chi connectivity index (χ2v) is 4.60. The van der Waals surface area contributed by atoms with E-state index in [1.54, 1.807) is 0 Å². The highest BCUT2D eigenvalue weighted by Crippen LogP contribution is 2.34. The molecule has 0 aliphatic carbocycles. The summed E-state index contributed by atoms with van der Waals surface area (Å²) in [5, 5.41) is 2.77. The van der Waals surface area contributed by atoms with Crippen LogP contribution in [0.2, 0.25) is 0 Å². The van der Waals surface area contributed by atoms with Gasteiger partial charge in [0.25, 0.3) is 0 Å². The number of hydrogen-bond acceptors (Lipinski definition) is 5. The van der Waals surface area contributed by atoms with Crippen molar-refractivity contribution in [1.82, 2.24) is 9.97 Å². The first-order chi connectivity index (χ1) is 9.40. The summed E-state index contributed by atoms with van der Waals surface area (Å²) in [4.78, 5) is 7.70. The zero-order valence-corrected chi connectivity index (χ0v) is 11.5. The lowest BCUT2D eigenvalue weighted by Gasteiger charge is -2.12. The molecule has 2 aromatic rings. The third-order valence-electron chi connectivity index (χ3n) is 2.37. The van der Waals surface area contributed by atoms with Gasteiger partial charge in [0.15, 0.2) is 0 Å². The molecule has 0 saturated heterocycles. The molecule has 20 heavy (non-hydrogen) atoms. The van der Waals surface area contributed by atoms with E-state index in [0.717, 1.165) is 12.1 Å². The van der Waals surface area contributed by atoms with Gasteiger partial charge in [-0.25, -0.2) is 15.8 Å². The Morgan fingerprint density at radius 1 is 1.10 bits per heavy atom. The van der Waals surface area contributed by atoms with Crippen LogP contribution < -0.4 is 16.6 Å². The number of halogens is 4. The average Bonchev–Trinajstić information content (AvgIpc) is 2.40. The van der Waals surface area contributed by atoms with E-state index in [9.17, 15) is 13.2 Å². The highest BCUT2D eigenvalue weighted by molar-refractivity contribution is 9.10. The number of alkyl halides is 3. The van der Waals surface area contributed by atoms with Crippen molar-refractivity contribution in [3.05, 3.63) is 40.6 Å². The molecule has 1 heterocycles. The number of nitrogens with zero attached hydrogens (tertiary/aromatic N) is 2. The first kappa shape index (κ1) is 14.5. The summed E-state index contributed by atoms with van der Waals surface area (Å²) in [7, 11) is 0. The third kappa shape index (κ3) is 3.36. The average molecular weight is 348 g/mol. The molecule has 0 spiro atoms. The standard InChI is InChI=1S/C11H9BrF3N5/c12-7-2-1-6(11(13,14)15)3-8(7)19-9-4-10(20-16)18-5-17-9/h1-5H,16H2,(H2,17,18,19,20). The monoisotopic (exact) mass is 347 g/mol. The molecule has 0 fully saturated rings. The lowest BCUT2D eigenvalue weighted by molar-refractivity contribution is -0.137. The van der Waals surface area contributed by atoms with Crippen molar-refractivity contribution in [3.8, 4) is 0 Å². The van der Waals surface area contributed by atoms with Crippen molar-refractivity contribution < 1.29 is 13.2 Å². The fourth-order valence-corrected chi connectivity index (χ4v) is 1.79. The minimum absolute atomic E-state index is 0.237. The number of hydrogen-bond donors (Lipinski definition) is 3. The van der Waals surface area contributed by atoms with Crippen LogP contribution in [0.1, 0.15) is 5.56 Å². The first-order valence-electron chi connectivity index (χ1n) is 5.32. The summed E-state index contributed by atoms with van der Waals surface area (Å²) in [6, 6.07) is 4.75. The van der Waals surface area contributed by atoms with Crippen LogP contribution in [0.25, 0.3) is 0 Å². The quantitative estimate of drug-likeness (QED) is 0.586. The summed E-state index contributed by atoms with van der Waals surface area (Å²) in [6.45, 7) is 0. The molecule has 0 saturated carbocycles. The number of aromatic nitrogens is 2. The predicted molar refractivity (Wildman–Crippen MR) is 72.3 cm³/mol. The molecule has 0 aliphatic heterocycles. The fraction of sp³-hybridized carbons (Fsp3) is 0.0909. The Morgan fingerprint density at radius 3 is 2.45 bits per heavy atom. The SMILES string of the molecule is NNc1cc(Nc2cc(C(F)(F)F)ccc2Br)ncn1. The van der Waals surface area contributed by atoms with Gasteiger partial charge >= 0.3 is 6.18 Å². The van der Waals surface area contributed by atoms with Gasteiger partial charge in [0.1, 0.15) is 18.0 Å². The maximum Gasteiger partial charge on any atom is 0.416 e. The van der Waals surface area contributed by atoms with E-state index in [-0.39, 0.29) is 5.69 Å². The van der Waals surface area contributed by atoms with Crippen molar-refractivity contribution in [3.63, 3.8) is 0 Å². The van der Waals surface area contributed by atoms with E-state index < -0.39 is 11.7 Å². The smallest absolute Gasteiger partial charge is 0.339 e. The van der Waals surface area contributed by atoms with Gasteiger partial charge in [0.2, 0.25) is 0 Å². The Kier molecular flexibility index (Phi) is 4.09. The fourth-order valence-electron chi connectivity index (χ4n) is 1.44. The lowest BCUT2D eigenvalue weighted by atomic mass is 10.2. The number of hydrazine groups is 1. The predicted octanol–water partition coefficient (Wildman–Crippen LogP) is 3.29. The van der Waals surface area contributed by atoms with Crippen molar-refractivity contribution in [2.75, 3.05) is 10.7 Å². The molecular formula is C11H9BrF3N5. The lowest BCUT2D eigenvalue weighted by Crippen LogP contribution is -2.09. The number of anilines is 3. The van der Waals surface area contributed by atoms with Gasteiger partial charge in [0.05, 0.1) is 11.3 Å². The maximum absolute atomic E-state index is 12.7. The minimum atomic E-state index is -4.41.